The van der Waals surface area contributed by atoms with Crippen molar-refractivity contribution < 1.29 is 4.79 Å². The van der Waals surface area contributed by atoms with Gasteiger partial charge in [-0.3, -0.25) is 9.78 Å². The minimum absolute atomic E-state index is 0.151. The zero-order valence-electron chi connectivity index (χ0n) is 11.1. The summed E-state index contributed by atoms with van der Waals surface area (Å²) in [5.74, 6) is 0.151. The summed E-state index contributed by atoms with van der Waals surface area (Å²) < 4.78 is 0. The van der Waals surface area contributed by atoms with Crippen LogP contribution in [0.1, 0.15) is 25.3 Å². The molecule has 3 nitrogen and oxygen atoms in total. The van der Waals surface area contributed by atoms with Gasteiger partial charge >= 0.3 is 0 Å². The molecule has 0 bridgehead atoms. The van der Waals surface area contributed by atoms with Crippen molar-refractivity contribution in [3.63, 3.8) is 0 Å². The number of nitrogens with zero attached hydrogens (tertiary/aromatic N) is 2. The molecule has 1 amide bonds. The number of hydrogen-bond acceptors (Lipinski definition) is 2. The third-order valence-corrected chi connectivity index (χ3v) is 2.90. The van der Waals surface area contributed by atoms with Crippen LogP contribution in [-0.4, -0.2) is 10.9 Å². The zero-order chi connectivity index (χ0) is 13.5. The maximum atomic E-state index is 12.3. The van der Waals surface area contributed by atoms with E-state index in [0.717, 1.165) is 17.7 Å². The van der Waals surface area contributed by atoms with Crippen LogP contribution >= 0.6 is 0 Å². The largest absolute Gasteiger partial charge is 0.308 e. The van der Waals surface area contributed by atoms with E-state index in [2.05, 4.69) is 4.98 Å². The molecule has 0 fully saturated rings. The Labute approximate surface area is 113 Å². The summed E-state index contributed by atoms with van der Waals surface area (Å²) in [6.07, 6.45) is 4.96. The molecule has 0 saturated carbocycles. The van der Waals surface area contributed by atoms with Crippen molar-refractivity contribution in [3.05, 3.63) is 60.4 Å². The normalized spacial score (nSPS) is 10.2. The van der Waals surface area contributed by atoms with Crippen molar-refractivity contribution in [2.24, 2.45) is 0 Å². The molecule has 3 heteroatoms. The number of benzene rings is 1. The van der Waals surface area contributed by atoms with E-state index in [1.165, 1.54) is 0 Å². The molecule has 0 aliphatic rings. The average Bonchev–Trinajstić information content (AvgIpc) is 2.47. The standard InChI is InChI=1S/C16H18N2O/c1-2-7-16(19)18(15-9-4-3-5-10-15)13-14-8-6-11-17-12-14/h3-6,8-12H,2,7,13H2,1H3. The second kappa shape index (κ2) is 6.69. The Hall–Kier alpha value is -2.16. The Morgan fingerprint density at radius 2 is 1.95 bits per heavy atom. The highest BCUT2D eigenvalue weighted by molar-refractivity contribution is 5.93. The lowest BCUT2D eigenvalue weighted by Gasteiger charge is -2.22. The van der Waals surface area contributed by atoms with Crippen LogP contribution in [0.25, 0.3) is 0 Å². The van der Waals surface area contributed by atoms with Crippen molar-refractivity contribution in [1.82, 2.24) is 4.98 Å². The first-order valence-corrected chi connectivity index (χ1v) is 6.55. The quantitative estimate of drug-likeness (QED) is 0.819. The third kappa shape index (κ3) is 3.65. The summed E-state index contributed by atoms with van der Waals surface area (Å²) in [6.45, 7) is 2.59. The number of pyridine rings is 1. The number of amides is 1. The van der Waals surface area contributed by atoms with Crippen LogP contribution < -0.4 is 4.90 Å². The van der Waals surface area contributed by atoms with Gasteiger partial charge in [0.25, 0.3) is 0 Å². The number of para-hydroxylation sites is 1. The molecule has 0 N–H and O–H groups in total. The fourth-order valence-corrected chi connectivity index (χ4v) is 1.95. The van der Waals surface area contributed by atoms with Gasteiger partial charge < -0.3 is 4.90 Å². The lowest BCUT2D eigenvalue weighted by atomic mass is 10.2. The van der Waals surface area contributed by atoms with Gasteiger partial charge in [0.1, 0.15) is 0 Å². The molecule has 0 unspecified atom stereocenters. The van der Waals surface area contributed by atoms with Crippen molar-refractivity contribution in [1.29, 1.82) is 0 Å². The highest BCUT2D eigenvalue weighted by atomic mass is 16.2. The number of hydrogen-bond donors (Lipinski definition) is 0. The Morgan fingerprint density at radius 3 is 2.58 bits per heavy atom. The summed E-state index contributed by atoms with van der Waals surface area (Å²) in [5.41, 5.74) is 1.97. The summed E-state index contributed by atoms with van der Waals surface area (Å²) in [5, 5.41) is 0. The van der Waals surface area contributed by atoms with Gasteiger partial charge in [0.2, 0.25) is 5.91 Å². The highest BCUT2D eigenvalue weighted by Gasteiger charge is 2.14. The molecule has 1 aromatic carbocycles. The monoisotopic (exact) mass is 254 g/mol. The Morgan fingerprint density at radius 1 is 1.16 bits per heavy atom. The van der Waals surface area contributed by atoms with Crippen LogP contribution in [0.5, 0.6) is 0 Å². The number of carbonyl (C=O) groups excluding carboxylic acids is 1. The van der Waals surface area contributed by atoms with Crippen molar-refractivity contribution >= 4 is 11.6 Å². The minimum Gasteiger partial charge on any atom is -0.308 e. The SMILES string of the molecule is CCCC(=O)N(Cc1cccnc1)c1ccccc1. The summed E-state index contributed by atoms with van der Waals surface area (Å²) in [7, 11) is 0. The first-order chi connectivity index (χ1) is 9.31. The Kier molecular flexibility index (Phi) is 4.67. The summed E-state index contributed by atoms with van der Waals surface area (Å²) >= 11 is 0. The van der Waals surface area contributed by atoms with Gasteiger partial charge in [-0.05, 0) is 30.2 Å². The van der Waals surface area contributed by atoms with E-state index in [-0.39, 0.29) is 5.91 Å². The van der Waals surface area contributed by atoms with Gasteiger partial charge in [-0.25, -0.2) is 0 Å². The van der Waals surface area contributed by atoms with Crippen molar-refractivity contribution in [2.45, 2.75) is 26.3 Å². The number of anilines is 1. The second-order valence-corrected chi connectivity index (χ2v) is 4.43. The third-order valence-electron chi connectivity index (χ3n) is 2.90. The van der Waals surface area contributed by atoms with Gasteiger partial charge in [0, 0.05) is 24.5 Å². The molecule has 19 heavy (non-hydrogen) atoms. The maximum absolute atomic E-state index is 12.3. The summed E-state index contributed by atoms with van der Waals surface area (Å²) in [6, 6.07) is 13.7. The molecule has 2 aromatic rings. The van der Waals surface area contributed by atoms with E-state index < -0.39 is 0 Å². The molecular formula is C16H18N2O. The Bertz CT molecular complexity index is 511. The number of carbonyl (C=O) groups is 1. The van der Waals surface area contributed by atoms with E-state index in [1.807, 2.05) is 54.3 Å². The van der Waals surface area contributed by atoms with Gasteiger partial charge in [0.15, 0.2) is 0 Å². The molecule has 0 spiro atoms. The lowest BCUT2D eigenvalue weighted by Crippen LogP contribution is -2.30. The highest BCUT2D eigenvalue weighted by Crippen LogP contribution is 2.18. The van der Waals surface area contributed by atoms with Crippen LogP contribution in [-0.2, 0) is 11.3 Å². The molecule has 2 rings (SSSR count). The van der Waals surface area contributed by atoms with E-state index in [1.54, 1.807) is 12.4 Å². The first kappa shape index (κ1) is 13.3. The molecule has 0 radical (unpaired) electrons. The molecule has 1 aromatic heterocycles. The van der Waals surface area contributed by atoms with Crippen LogP contribution in [0.2, 0.25) is 0 Å². The minimum atomic E-state index is 0.151. The van der Waals surface area contributed by atoms with E-state index in [4.69, 9.17) is 0 Å². The van der Waals surface area contributed by atoms with Gasteiger partial charge in [0.05, 0.1) is 6.54 Å². The first-order valence-electron chi connectivity index (χ1n) is 6.55. The van der Waals surface area contributed by atoms with Crippen molar-refractivity contribution in [3.8, 4) is 0 Å². The molecule has 0 aliphatic heterocycles. The molecular weight excluding hydrogens is 236 g/mol. The molecule has 0 aliphatic carbocycles. The van der Waals surface area contributed by atoms with Gasteiger partial charge in [-0.15, -0.1) is 0 Å². The molecule has 98 valence electrons. The van der Waals surface area contributed by atoms with E-state index in [0.29, 0.717) is 13.0 Å². The summed E-state index contributed by atoms with van der Waals surface area (Å²) in [4.78, 5) is 18.2. The van der Waals surface area contributed by atoms with Crippen LogP contribution in [0, 0.1) is 0 Å². The topological polar surface area (TPSA) is 33.2 Å². The van der Waals surface area contributed by atoms with Crippen LogP contribution in [0.3, 0.4) is 0 Å². The van der Waals surface area contributed by atoms with Gasteiger partial charge in [-0.2, -0.15) is 0 Å². The van der Waals surface area contributed by atoms with Gasteiger partial charge in [-0.1, -0.05) is 31.2 Å². The zero-order valence-corrected chi connectivity index (χ0v) is 11.1. The maximum Gasteiger partial charge on any atom is 0.227 e. The number of aromatic nitrogens is 1. The Balaban J connectivity index is 2.22. The van der Waals surface area contributed by atoms with Crippen LogP contribution in [0.4, 0.5) is 5.69 Å². The number of rotatable bonds is 5. The van der Waals surface area contributed by atoms with Crippen molar-refractivity contribution in [2.75, 3.05) is 4.90 Å². The molecule has 0 saturated heterocycles. The molecule has 0 atom stereocenters. The lowest BCUT2D eigenvalue weighted by molar-refractivity contribution is -0.118. The predicted molar refractivity (Wildman–Crippen MR) is 76.8 cm³/mol. The average molecular weight is 254 g/mol. The smallest absolute Gasteiger partial charge is 0.227 e. The predicted octanol–water partition coefficient (Wildman–Crippen LogP) is 3.41. The van der Waals surface area contributed by atoms with E-state index in [9.17, 15) is 4.79 Å². The van der Waals surface area contributed by atoms with Crippen LogP contribution in [0.15, 0.2) is 54.9 Å². The van der Waals surface area contributed by atoms with E-state index >= 15 is 0 Å². The fourth-order valence-electron chi connectivity index (χ4n) is 1.95. The fraction of sp³-hybridized carbons (Fsp3) is 0.250. The second-order valence-electron chi connectivity index (χ2n) is 4.43. The molecule has 1 heterocycles.